The predicted molar refractivity (Wildman–Crippen MR) is 111 cm³/mol. The van der Waals surface area contributed by atoms with Gasteiger partial charge in [-0.2, -0.15) is 0 Å². The number of hydrogen-bond donors (Lipinski definition) is 1. The van der Waals surface area contributed by atoms with Crippen LogP contribution in [0.25, 0.3) is 0 Å². The molecule has 3 fully saturated rings. The number of nitrogens with one attached hydrogen (secondary N) is 1. The van der Waals surface area contributed by atoms with Crippen molar-refractivity contribution in [2.24, 2.45) is 15.7 Å². The molecule has 1 spiro atoms. The van der Waals surface area contributed by atoms with Gasteiger partial charge in [-0.3, -0.25) is 9.10 Å². The Morgan fingerprint density at radius 1 is 1.31 bits per heavy atom. The zero-order valence-corrected chi connectivity index (χ0v) is 18.4. The molecular weight excluding hydrogens is 390 g/mol. The molecule has 2 aliphatic carbocycles. The summed E-state index contributed by atoms with van der Waals surface area (Å²) in [4.78, 5) is 25.4. The molecule has 4 rings (SSSR count). The molecule has 1 N–H and O–H groups in total. The lowest BCUT2D eigenvalue weighted by atomic mass is 9.87. The molecule has 2 aliphatic heterocycles. The number of ether oxygens (including phenoxy) is 1. The van der Waals surface area contributed by atoms with Crippen molar-refractivity contribution in [2.45, 2.75) is 58.8 Å². The minimum absolute atomic E-state index is 0.0635. The summed E-state index contributed by atoms with van der Waals surface area (Å²) in [6, 6.07) is -0.608. The highest BCUT2D eigenvalue weighted by atomic mass is 32.2. The summed E-state index contributed by atoms with van der Waals surface area (Å²) < 4.78 is 23.7. The Balaban J connectivity index is 1.65. The number of urea groups is 1. The molecule has 1 saturated carbocycles. The number of carbonyl (C=O) groups excluding carboxylic acids is 2. The van der Waals surface area contributed by atoms with Crippen LogP contribution in [0, 0.1) is 11.3 Å². The Hall–Kier alpha value is -1.67. The van der Waals surface area contributed by atoms with Crippen LogP contribution in [0.5, 0.6) is 0 Å². The van der Waals surface area contributed by atoms with Crippen molar-refractivity contribution in [1.29, 1.82) is 0 Å². The maximum Gasteiger partial charge on any atom is 0.354 e. The van der Waals surface area contributed by atoms with Crippen LogP contribution in [-0.2, 0) is 19.4 Å². The van der Waals surface area contributed by atoms with Crippen molar-refractivity contribution in [3.63, 3.8) is 0 Å². The van der Waals surface area contributed by atoms with E-state index >= 15 is 0 Å². The molecule has 160 valence electrons. The van der Waals surface area contributed by atoms with E-state index in [1.54, 1.807) is 0 Å². The second-order valence-corrected chi connectivity index (χ2v) is 11.1. The number of nitrogens with zero attached hydrogens (tertiary/aromatic N) is 2. The second-order valence-electron chi connectivity index (χ2n) is 8.83. The number of rotatable bonds is 3. The highest BCUT2D eigenvalue weighted by molar-refractivity contribution is 7.92. The molecule has 2 heterocycles. The molecule has 0 bridgehead atoms. The monoisotopic (exact) mass is 421 g/mol. The van der Waals surface area contributed by atoms with Crippen LogP contribution in [0.1, 0.15) is 58.8 Å². The molecule has 0 radical (unpaired) electrons. The van der Waals surface area contributed by atoms with E-state index in [1.165, 1.54) is 23.8 Å². The highest BCUT2D eigenvalue weighted by Gasteiger charge is 2.57. The first kappa shape index (κ1) is 20.6. The number of hydrogen-bond acceptors (Lipinski definition) is 4. The van der Waals surface area contributed by atoms with Crippen LogP contribution in [0.2, 0.25) is 0 Å². The Bertz CT molecular complexity index is 922. The minimum atomic E-state index is -3.10. The van der Waals surface area contributed by atoms with Gasteiger partial charge < -0.3 is 10.1 Å². The van der Waals surface area contributed by atoms with Crippen LogP contribution in [0.15, 0.2) is 26.8 Å². The largest absolute Gasteiger partial charge is 0.379 e. The van der Waals surface area contributed by atoms with Gasteiger partial charge in [-0.15, -0.1) is 4.36 Å². The third-order valence-corrected chi connectivity index (χ3v) is 9.31. The molecule has 0 aromatic rings. The van der Waals surface area contributed by atoms with E-state index in [1.807, 2.05) is 0 Å². The summed E-state index contributed by atoms with van der Waals surface area (Å²) in [5, 5.41) is 3.01. The van der Waals surface area contributed by atoms with Gasteiger partial charge in [0.1, 0.15) is 15.3 Å². The van der Waals surface area contributed by atoms with Crippen molar-refractivity contribution in [2.75, 3.05) is 26.0 Å². The van der Waals surface area contributed by atoms with Crippen LogP contribution in [-0.4, -0.2) is 46.5 Å². The summed E-state index contributed by atoms with van der Waals surface area (Å²) in [5.74, 6) is 0.254. The zero-order chi connectivity index (χ0) is 20.8. The minimum Gasteiger partial charge on any atom is -0.379 e. The first-order valence-electron chi connectivity index (χ1n) is 10.7. The van der Waals surface area contributed by atoms with Gasteiger partial charge in [0.05, 0.1) is 19.0 Å². The van der Waals surface area contributed by atoms with E-state index in [2.05, 4.69) is 23.5 Å². The van der Waals surface area contributed by atoms with Gasteiger partial charge in [-0.05, 0) is 62.0 Å². The van der Waals surface area contributed by atoms with Gasteiger partial charge in [-0.1, -0.05) is 19.4 Å². The Morgan fingerprint density at radius 3 is 2.62 bits per heavy atom. The average molecular weight is 422 g/mol. The lowest BCUT2D eigenvalue weighted by Crippen LogP contribution is -2.50. The number of allylic oxidation sites excluding steroid dienone is 3. The van der Waals surface area contributed by atoms with E-state index in [9.17, 15) is 13.8 Å². The summed E-state index contributed by atoms with van der Waals surface area (Å²) in [7, 11) is -1.62. The summed E-state index contributed by atoms with van der Waals surface area (Å²) in [5.41, 5.74) is 4.07. The standard InChI is InChI=1S/C21H31N3O4S/c1-4-15-8-6-10-17(15)18(16-9-5-7-14(16)2)22-20(26)23-29(27)13-21(11-28-12-21)19(25)24(29)3/h14H,4-13H2,1-3H3,(H,22,26)/b18-16+/t14-,29?/m1/s1. The maximum absolute atomic E-state index is 13.3. The topological polar surface area (TPSA) is 88.1 Å². The zero-order valence-electron chi connectivity index (χ0n) is 17.6. The van der Waals surface area contributed by atoms with Crippen LogP contribution in [0.3, 0.4) is 0 Å². The number of carbonyl (C=O) groups is 2. The summed E-state index contributed by atoms with van der Waals surface area (Å²) in [6.07, 6.45) is 7.34. The fraction of sp³-hybridized carbons (Fsp3) is 0.714. The Labute approximate surface area is 173 Å². The van der Waals surface area contributed by atoms with Crippen molar-refractivity contribution in [3.05, 3.63) is 22.4 Å². The van der Waals surface area contributed by atoms with E-state index in [0.29, 0.717) is 5.92 Å². The quantitative estimate of drug-likeness (QED) is 0.755. The van der Waals surface area contributed by atoms with Gasteiger partial charge >= 0.3 is 6.03 Å². The molecule has 4 aliphatic rings. The molecule has 8 heteroatoms. The van der Waals surface area contributed by atoms with Crippen molar-refractivity contribution >= 4 is 21.9 Å². The highest BCUT2D eigenvalue weighted by Crippen LogP contribution is 2.41. The van der Waals surface area contributed by atoms with Gasteiger partial charge in [0.2, 0.25) is 5.91 Å². The van der Waals surface area contributed by atoms with Crippen molar-refractivity contribution < 1.29 is 18.5 Å². The molecule has 3 amide bonds. The summed E-state index contributed by atoms with van der Waals surface area (Å²) >= 11 is 0. The molecule has 0 aromatic carbocycles. The molecule has 1 unspecified atom stereocenters. The lowest BCUT2D eigenvalue weighted by molar-refractivity contribution is -0.158. The average Bonchev–Trinajstić information content (AvgIpc) is 3.34. The molecule has 7 nitrogen and oxygen atoms in total. The maximum atomic E-state index is 13.3. The lowest BCUT2D eigenvalue weighted by Gasteiger charge is -2.34. The third kappa shape index (κ3) is 3.44. The Kier molecular flexibility index (Phi) is 5.36. The van der Waals surface area contributed by atoms with E-state index in [4.69, 9.17) is 4.74 Å². The first-order valence-corrected chi connectivity index (χ1v) is 12.3. The van der Waals surface area contributed by atoms with Crippen LogP contribution in [0.4, 0.5) is 4.79 Å². The fourth-order valence-corrected chi connectivity index (χ4v) is 7.28. The molecule has 2 saturated heterocycles. The van der Waals surface area contributed by atoms with Crippen molar-refractivity contribution in [3.8, 4) is 0 Å². The fourth-order valence-electron chi connectivity index (χ4n) is 5.13. The van der Waals surface area contributed by atoms with E-state index < -0.39 is 21.4 Å². The van der Waals surface area contributed by atoms with Gasteiger partial charge in [0.15, 0.2) is 0 Å². The normalized spacial score (nSPS) is 32.7. The predicted octanol–water partition coefficient (Wildman–Crippen LogP) is 3.53. The molecule has 0 aromatic heterocycles. The van der Waals surface area contributed by atoms with Crippen LogP contribution >= 0.6 is 0 Å². The van der Waals surface area contributed by atoms with E-state index in [-0.39, 0.29) is 24.9 Å². The molecule has 29 heavy (non-hydrogen) atoms. The first-order chi connectivity index (χ1) is 13.8. The van der Waals surface area contributed by atoms with Gasteiger partial charge in [-0.25, -0.2) is 9.00 Å². The Morgan fingerprint density at radius 2 is 2.07 bits per heavy atom. The van der Waals surface area contributed by atoms with Gasteiger partial charge in [0.25, 0.3) is 0 Å². The molecule has 2 atom stereocenters. The summed E-state index contributed by atoms with van der Waals surface area (Å²) in [6.45, 7) is 4.87. The van der Waals surface area contributed by atoms with E-state index in [0.717, 1.165) is 54.9 Å². The van der Waals surface area contributed by atoms with Gasteiger partial charge in [0, 0.05) is 12.7 Å². The smallest absolute Gasteiger partial charge is 0.354 e. The van der Waals surface area contributed by atoms with Crippen LogP contribution < -0.4 is 5.32 Å². The molecular formula is C21H31N3O4S. The SMILES string of the molecule is CCC1=C(/C(NC(=O)N=S2(=O)CC3(COC3)C(=O)N2C)=C2/CCC[C@H]2C)CCC1. The van der Waals surface area contributed by atoms with Crippen molar-refractivity contribution in [1.82, 2.24) is 9.62 Å². The third-order valence-electron chi connectivity index (χ3n) is 6.91. The second kappa shape index (κ2) is 7.54. The number of amides is 3.